The van der Waals surface area contributed by atoms with Gasteiger partial charge in [-0.1, -0.05) is 19.1 Å². The van der Waals surface area contributed by atoms with E-state index in [1.807, 2.05) is 24.3 Å². The van der Waals surface area contributed by atoms with Crippen molar-refractivity contribution in [2.75, 3.05) is 20.1 Å². The lowest BCUT2D eigenvalue weighted by Crippen LogP contribution is -2.20. The Morgan fingerprint density at radius 3 is 2.71 bits per heavy atom. The summed E-state index contributed by atoms with van der Waals surface area (Å²) >= 11 is 1.27. The molecule has 0 unspecified atom stereocenters. The first kappa shape index (κ1) is 23.1. The number of fused-ring (bicyclic) bond motifs is 1. The number of hydrogen-bond acceptors (Lipinski definition) is 6. The highest BCUT2D eigenvalue weighted by Crippen LogP contribution is 2.31. The molecule has 0 saturated heterocycles. The highest BCUT2D eigenvalue weighted by Gasteiger charge is 2.12. The fourth-order valence-corrected chi connectivity index (χ4v) is 3.94. The number of aryl methyl sites for hydroxylation is 2. The number of halogens is 1. The van der Waals surface area contributed by atoms with Gasteiger partial charge in [-0.3, -0.25) is 4.98 Å². The second-order valence-electron chi connectivity index (χ2n) is 7.59. The predicted octanol–water partition coefficient (Wildman–Crippen LogP) is 6.08. The fourth-order valence-electron chi connectivity index (χ4n) is 3.38. The van der Waals surface area contributed by atoms with Crippen LogP contribution in [0.2, 0.25) is 0 Å². The summed E-state index contributed by atoms with van der Waals surface area (Å²) in [6, 6.07) is 14.4. The zero-order valence-corrected chi connectivity index (χ0v) is 19.9. The lowest BCUT2D eigenvalue weighted by atomic mass is 10.0. The Balaban J connectivity index is 0.00000272. The van der Waals surface area contributed by atoms with Crippen LogP contribution in [0.15, 0.2) is 48.7 Å². The number of ether oxygens (including phenoxy) is 1. The maximum atomic E-state index is 6.10. The third-order valence-electron chi connectivity index (χ3n) is 5.40. The molecule has 2 aromatic heterocycles. The van der Waals surface area contributed by atoms with Gasteiger partial charge >= 0.3 is 0 Å². The highest BCUT2D eigenvalue weighted by atomic mass is 35.5. The van der Waals surface area contributed by atoms with Gasteiger partial charge in [0.1, 0.15) is 5.75 Å². The molecule has 31 heavy (non-hydrogen) atoms. The second-order valence-corrected chi connectivity index (χ2v) is 8.30. The molecule has 4 rings (SSSR count). The van der Waals surface area contributed by atoms with Crippen LogP contribution in [0.3, 0.4) is 0 Å². The SMILES string of the molecule is CCN(C)CCc1cc(C)c(Oc2nc(-c3ccc4ncccc4c3)ns2)cc1C.Cl. The van der Waals surface area contributed by atoms with Crippen LogP contribution in [0.5, 0.6) is 10.9 Å². The minimum Gasteiger partial charge on any atom is -0.430 e. The van der Waals surface area contributed by atoms with Crippen molar-refractivity contribution < 1.29 is 4.74 Å². The Morgan fingerprint density at radius 1 is 1.06 bits per heavy atom. The Hall–Kier alpha value is -2.54. The fraction of sp³-hybridized carbons (Fsp3) is 0.292. The van der Waals surface area contributed by atoms with Crippen LogP contribution in [0.25, 0.3) is 22.3 Å². The molecule has 0 aliphatic carbocycles. The second kappa shape index (κ2) is 10.2. The number of hydrogen-bond donors (Lipinski definition) is 0. The van der Waals surface area contributed by atoms with Crippen molar-refractivity contribution in [1.29, 1.82) is 0 Å². The van der Waals surface area contributed by atoms with Crippen LogP contribution in [-0.2, 0) is 6.42 Å². The molecular weight excluding hydrogens is 428 g/mol. The summed E-state index contributed by atoms with van der Waals surface area (Å²) in [5.41, 5.74) is 5.65. The van der Waals surface area contributed by atoms with Gasteiger partial charge in [0.15, 0.2) is 5.82 Å². The van der Waals surface area contributed by atoms with Crippen molar-refractivity contribution in [3.05, 3.63) is 65.4 Å². The van der Waals surface area contributed by atoms with E-state index in [2.05, 4.69) is 65.3 Å². The van der Waals surface area contributed by atoms with Crippen molar-refractivity contribution in [3.8, 4) is 22.3 Å². The van der Waals surface area contributed by atoms with Crippen molar-refractivity contribution >= 4 is 34.8 Å². The maximum absolute atomic E-state index is 6.10. The molecule has 162 valence electrons. The van der Waals surface area contributed by atoms with Crippen molar-refractivity contribution in [2.45, 2.75) is 27.2 Å². The molecule has 2 aromatic carbocycles. The van der Waals surface area contributed by atoms with Crippen LogP contribution < -0.4 is 4.74 Å². The topological polar surface area (TPSA) is 51.1 Å². The minimum atomic E-state index is 0. The standard InChI is InChI=1S/C24H26N4OS.ClH/c1-5-28(4)12-10-18-13-17(3)22(14-16(18)2)29-24-26-23(27-30-24)20-8-9-21-19(15-20)7-6-11-25-21;/h6-9,11,13-15H,5,10,12H2,1-4H3;1H. The van der Waals surface area contributed by atoms with Crippen LogP contribution in [-0.4, -0.2) is 39.4 Å². The van der Waals surface area contributed by atoms with Gasteiger partial charge in [-0.2, -0.15) is 9.36 Å². The zero-order chi connectivity index (χ0) is 21.1. The number of pyridine rings is 1. The third kappa shape index (κ3) is 5.39. The Bertz CT molecular complexity index is 1180. The molecule has 0 aliphatic rings. The van der Waals surface area contributed by atoms with Crippen LogP contribution in [0.4, 0.5) is 0 Å². The summed E-state index contributed by atoms with van der Waals surface area (Å²) < 4.78 is 10.6. The minimum absolute atomic E-state index is 0. The number of rotatable bonds is 7. The van der Waals surface area contributed by atoms with Gasteiger partial charge in [0.2, 0.25) is 0 Å². The van der Waals surface area contributed by atoms with E-state index < -0.39 is 0 Å². The van der Waals surface area contributed by atoms with Crippen molar-refractivity contribution in [2.24, 2.45) is 0 Å². The average Bonchev–Trinajstić information content (AvgIpc) is 3.23. The Morgan fingerprint density at radius 2 is 1.90 bits per heavy atom. The normalized spacial score (nSPS) is 11.0. The molecule has 0 spiro atoms. The summed E-state index contributed by atoms with van der Waals surface area (Å²) in [7, 11) is 2.15. The molecule has 0 atom stereocenters. The molecule has 4 aromatic rings. The number of nitrogens with zero attached hydrogens (tertiary/aromatic N) is 4. The Labute approximate surface area is 193 Å². The first-order valence-corrected chi connectivity index (χ1v) is 11.0. The zero-order valence-electron chi connectivity index (χ0n) is 18.3. The predicted molar refractivity (Wildman–Crippen MR) is 131 cm³/mol. The molecule has 0 N–H and O–H groups in total. The molecule has 5 nitrogen and oxygen atoms in total. The average molecular weight is 455 g/mol. The van der Waals surface area contributed by atoms with Gasteiger partial charge in [0.25, 0.3) is 5.19 Å². The number of aromatic nitrogens is 3. The van der Waals surface area contributed by atoms with Gasteiger partial charge in [0, 0.05) is 35.2 Å². The molecule has 0 amide bonds. The molecule has 2 heterocycles. The summed E-state index contributed by atoms with van der Waals surface area (Å²) in [6.45, 7) is 8.52. The lowest BCUT2D eigenvalue weighted by molar-refractivity contribution is 0.357. The maximum Gasteiger partial charge on any atom is 0.299 e. The van der Waals surface area contributed by atoms with E-state index in [1.54, 1.807) is 6.20 Å². The van der Waals surface area contributed by atoms with Crippen molar-refractivity contribution in [3.63, 3.8) is 0 Å². The summed E-state index contributed by atoms with van der Waals surface area (Å²) in [5, 5.41) is 1.63. The van der Waals surface area contributed by atoms with E-state index in [0.29, 0.717) is 11.0 Å². The van der Waals surface area contributed by atoms with E-state index in [9.17, 15) is 0 Å². The molecule has 0 fully saturated rings. The van der Waals surface area contributed by atoms with Gasteiger partial charge in [0.05, 0.1) is 5.52 Å². The molecule has 7 heteroatoms. The lowest BCUT2D eigenvalue weighted by Gasteiger charge is -2.16. The quantitative estimate of drug-likeness (QED) is 0.338. The Kier molecular flexibility index (Phi) is 7.59. The molecule has 0 bridgehead atoms. The van der Waals surface area contributed by atoms with E-state index in [1.165, 1.54) is 22.7 Å². The van der Waals surface area contributed by atoms with E-state index in [4.69, 9.17) is 4.74 Å². The third-order valence-corrected chi connectivity index (χ3v) is 6.00. The number of likely N-dealkylation sites (N-methyl/N-ethyl adjacent to an activating group) is 1. The first-order chi connectivity index (χ1) is 14.5. The van der Waals surface area contributed by atoms with E-state index in [-0.39, 0.29) is 12.4 Å². The van der Waals surface area contributed by atoms with Crippen LogP contribution >= 0.6 is 23.9 Å². The largest absolute Gasteiger partial charge is 0.430 e. The van der Waals surface area contributed by atoms with E-state index in [0.717, 1.165) is 47.3 Å². The molecule has 0 saturated carbocycles. The molecular formula is C24H27ClN4OS. The van der Waals surface area contributed by atoms with Crippen LogP contribution in [0.1, 0.15) is 23.6 Å². The summed E-state index contributed by atoms with van der Waals surface area (Å²) in [5.74, 6) is 1.51. The first-order valence-electron chi connectivity index (χ1n) is 10.2. The molecule has 0 radical (unpaired) electrons. The van der Waals surface area contributed by atoms with Gasteiger partial charge in [-0.15, -0.1) is 12.4 Å². The van der Waals surface area contributed by atoms with Gasteiger partial charge < -0.3 is 9.64 Å². The van der Waals surface area contributed by atoms with Crippen LogP contribution in [0, 0.1) is 13.8 Å². The number of benzene rings is 2. The van der Waals surface area contributed by atoms with Gasteiger partial charge in [-0.05, 0) is 80.9 Å². The van der Waals surface area contributed by atoms with Crippen molar-refractivity contribution in [1.82, 2.24) is 19.2 Å². The molecule has 0 aliphatic heterocycles. The highest BCUT2D eigenvalue weighted by molar-refractivity contribution is 7.07. The van der Waals surface area contributed by atoms with E-state index >= 15 is 0 Å². The van der Waals surface area contributed by atoms with Gasteiger partial charge in [-0.25, -0.2) is 0 Å². The smallest absolute Gasteiger partial charge is 0.299 e. The monoisotopic (exact) mass is 454 g/mol. The summed E-state index contributed by atoms with van der Waals surface area (Å²) in [6.07, 6.45) is 2.84. The summed E-state index contributed by atoms with van der Waals surface area (Å²) in [4.78, 5) is 11.3.